The van der Waals surface area contributed by atoms with Gasteiger partial charge in [0.25, 0.3) is 12.4 Å². The average Bonchev–Trinajstić information content (AvgIpc) is 3.88. The summed E-state index contributed by atoms with van der Waals surface area (Å²) in [6, 6.07) is 11.7. The molecule has 24 heteroatoms. The van der Waals surface area contributed by atoms with Crippen LogP contribution >= 0.6 is 46.4 Å². The van der Waals surface area contributed by atoms with Crippen molar-refractivity contribution in [1.82, 2.24) is 0 Å². The molecule has 0 bridgehead atoms. The number of alkyl halides is 2. The van der Waals surface area contributed by atoms with Gasteiger partial charge in [-0.05, 0) is 48.2 Å². The van der Waals surface area contributed by atoms with Crippen molar-refractivity contribution in [3.05, 3.63) is 67.6 Å². The molecular formula is C36H36Cl4F2N4O14. The van der Waals surface area contributed by atoms with E-state index in [2.05, 4.69) is 4.74 Å². The smallest absolute Gasteiger partial charge is 0.342 e. The summed E-state index contributed by atoms with van der Waals surface area (Å²) in [4.78, 5) is 64.1. The molecule has 60 heavy (non-hydrogen) atoms. The van der Waals surface area contributed by atoms with E-state index in [0.717, 1.165) is 5.56 Å². The van der Waals surface area contributed by atoms with Gasteiger partial charge in [-0.15, -0.1) is 0 Å². The molecule has 0 saturated heterocycles. The van der Waals surface area contributed by atoms with Crippen molar-refractivity contribution in [3.63, 3.8) is 0 Å². The minimum atomic E-state index is -2.60. The van der Waals surface area contributed by atoms with Gasteiger partial charge in [-0.3, -0.25) is 19.2 Å². The van der Waals surface area contributed by atoms with E-state index < -0.39 is 107 Å². The number of carboxylic acid groups (broad SMARTS) is 4. The molecule has 2 aromatic rings. The molecule has 4 fully saturated rings. The van der Waals surface area contributed by atoms with E-state index in [9.17, 15) is 47.9 Å². The molecule has 11 atom stereocenters. The monoisotopic (exact) mass is 926 g/mol. The van der Waals surface area contributed by atoms with Crippen molar-refractivity contribution in [1.29, 1.82) is 5.26 Å². The topological polar surface area (TPSA) is 333 Å². The highest BCUT2D eigenvalue weighted by atomic mass is 35.5. The van der Waals surface area contributed by atoms with E-state index >= 15 is 0 Å². The predicted octanol–water partition coefficient (Wildman–Crippen LogP) is 2.50. The van der Waals surface area contributed by atoms with E-state index in [1.165, 1.54) is 0 Å². The molecule has 4 saturated carbocycles. The number of hydrogen-bond donors (Lipinski definition) is 8. The van der Waals surface area contributed by atoms with Gasteiger partial charge in [0.05, 0.1) is 58.0 Å². The van der Waals surface area contributed by atoms with Crippen LogP contribution in [-0.2, 0) is 56.2 Å². The van der Waals surface area contributed by atoms with Crippen molar-refractivity contribution < 1.29 is 77.3 Å². The number of carbonyl (C=O) groups excluding carboxylic acids is 2. The maximum Gasteiger partial charge on any atom is 0.342 e. The molecule has 4 aliphatic carbocycles. The number of aliphatic carboxylic acids is 4. The number of carbonyl (C=O) groups is 6. The van der Waals surface area contributed by atoms with Crippen LogP contribution in [0.3, 0.4) is 0 Å². The standard InChI is InChI=1S/C15H14Cl2FN3O2.C15H14Cl2FNO5.C6H8O7/c16-9-2-1-7(3-10(9)17)5-23-11-4-8-12(14(11,21)6-19)15(8,18)13(20)22;16-8-2-1-6(3-9(8)17)5-24-10-4-7-11(14(7,18)12(20)21)15(10,19)13(22)23;7-3-13-2-6(12,5(10)11)1-4(8)9/h1-3,8,11-12H,4-5,21H2,(H2,20,22);1-3,7,10-11H,4-5,19H2,(H,20,21)(H,22,23);3,12H,1-2H2,(H,8,9)(H,10,11)/t8-,11-,12-,14+,15-;7-,10-,11+,14-,15+;/m11./s1. The number of carboxylic acids is 4. The van der Waals surface area contributed by atoms with Crippen LogP contribution in [0.15, 0.2) is 36.4 Å². The van der Waals surface area contributed by atoms with E-state index in [1.807, 2.05) is 6.07 Å². The van der Waals surface area contributed by atoms with Gasteiger partial charge in [-0.25, -0.2) is 18.4 Å². The van der Waals surface area contributed by atoms with Crippen molar-refractivity contribution in [2.45, 2.75) is 72.7 Å². The number of hydrogen-bond acceptors (Lipinski definition) is 13. The molecule has 2 aromatic carbocycles. The van der Waals surface area contributed by atoms with Gasteiger partial charge in [0, 0.05) is 23.7 Å². The van der Waals surface area contributed by atoms with Crippen molar-refractivity contribution in [2.24, 2.45) is 40.9 Å². The number of rotatable bonds is 15. The van der Waals surface area contributed by atoms with Crippen LogP contribution in [0.1, 0.15) is 30.4 Å². The SMILES string of the molecule is N#C[C@@]1(N)[C@H]2[C@@H](C[C@H]1OCc1ccc(Cl)c(Cl)c1)[C@]2(F)C(N)=O.N[C@]1(C(=O)O)[C@H]2[C@@H](C[C@H]1OCc1ccc(Cl)c(Cl)c1)[C@]2(F)C(=O)O.O=COCC(O)(CC(=O)O)C(=O)O. The zero-order valence-corrected chi connectivity index (χ0v) is 33.6. The van der Waals surface area contributed by atoms with E-state index in [0.29, 0.717) is 25.7 Å². The highest BCUT2D eigenvalue weighted by molar-refractivity contribution is 6.42. The first-order valence-corrected chi connectivity index (χ1v) is 18.8. The number of aliphatic hydroxyl groups is 1. The fraction of sp³-hybridized carbons (Fsp3) is 0.472. The largest absolute Gasteiger partial charge is 0.481 e. The third-order valence-electron chi connectivity index (χ3n) is 11.0. The Morgan fingerprint density at radius 1 is 0.817 bits per heavy atom. The Morgan fingerprint density at radius 2 is 1.30 bits per heavy atom. The van der Waals surface area contributed by atoms with Crippen LogP contribution in [0.2, 0.25) is 20.1 Å². The number of nitrogens with zero attached hydrogens (tertiary/aromatic N) is 1. The minimum Gasteiger partial charge on any atom is -0.481 e. The fourth-order valence-corrected chi connectivity index (χ4v) is 8.43. The van der Waals surface area contributed by atoms with Crippen molar-refractivity contribution in [3.8, 4) is 6.07 Å². The van der Waals surface area contributed by atoms with Crippen LogP contribution in [0.25, 0.3) is 0 Å². The number of fused-ring (bicyclic) bond motifs is 2. The maximum absolute atomic E-state index is 14.5. The summed E-state index contributed by atoms with van der Waals surface area (Å²) in [6.07, 6.45) is -2.61. The first-order valence-electron chi connectivity index (χ1n) is 17.3. The van der Waals surface area contributed by atoms with Crippen molar-refractivity contribution in [2.75, 3.05) is 6.61 Å². The molecule has 0 aliphatic heterocycles. The second-order valence-corrected chi connectivity index (χ2v) is 16.2. The summed E-state index contributed by atoms with van der Waals surface area (Å²) in [5.41, 5.74) is 7.38. The van der Waals surface area contributed by atoms with Crippen LogP contribution in [-0.4, -0.2) is 109 Å². The first-order chi connectivity index (χ1) is 27.8. The van der Waals surface area contributed by atoms with Crippen LogP contribution in [0.4, 0.5) is 8.78 Å². The number of nitriles is 1. The number of halogens is 6. The number of nitrogens with two attached hydrogens (primary N) is 3. The molecule has 326 valence electrons. The molecule has 6 rings (SSSR count). The quantitative estimate of drug-likeness (QED) is 0.119. The average molecular weight is 929 g/mol. The molecule has 0 radical (unpaired) electrons. The summed E-state index contributed by atoms with van der Waals surface area (Å²) >= 11 is 23.5. The summed E-state index contributed by atoms with van der Waals surface area (Å²) < 4.78 is 44.1. The lowest BCUT2D eigenvalue weighted by Gasteiger charge is -2.31. The summed E-state index contributed by atoms with van der Waals surface area (Å²) in [7, 11) is 0. The molecule has 4 aliphatic rings. The van der Waals surface area contributed by atoms with Gasteiger partial charge in [-0.1, -0.05) is 58.5 Å². The van der Waals surface area contributed by atoms with Crippen molar-refractivity contribution >= 4 is 82.7 Å². The minimum absolute atomic E-state index is 0.000414. The Hall–Kier alpha value is -4.43. The summed E-state index contributed by atoms with van der Waals surface area (Å²) in [6.45, 7) is -0.815. The zero-order valence-electron chi connectivity index (χ0n) is 30.6. The Bertz CT molecular complexity index is 2120. The van der Waals surface area contributed by atoms with Gasteiger partial charge in [-0.2, -0.15) is 5.26 Å². The second-order valence-electron chi connectivity index (χ2n) is 14.5. The third kappa shape index (κ3) is 8.96. The molecule has 1 amide bonds. The lowest BCUT2D eigenvalue weighted by Crippen LogP contribution is -2.60. The van der Waals surface area contributed by atoms with Gasteiger partial charge in [0.15, 0.2) is 5.67 Å². The molecule has 18 nitrogen and oxygen atoms in total. The highest BCUT2D eigenvalue weighted by Gasteiger charge is 2.85. The normalized spacial score (nSPS) is 32.5. The molecular weight excluding hydrogens is 892 g/mol. The van der Waals surface area contributed by atoms with Crippen LogP contribution in [0.5, 0.6) is 0 Å². The predicted molar refractivity (Wildman–Crippen MR) is 202 cm³/mol. The van der Waals surface area contributed by atoms with Gasteiger partial charge < -0.3 is 56.9 Å². The Balaban J connectivity index is 0.000000208. The number of amides is 1. The molecule has 0 spiro atoms. The lowest BCUT2D eigenvalue weighted by atomic mass is 9.88. The van der Waals surface area contributed by atoms with Crippen LogP contribution < -0.4 is 17.2 Å². The highest BCUT2D eigenvalue weighted by Crippen LogP contribution is 2.68. The molecule has 11 N–H and O–H groups in total. The molecule has 1 unspecified atom stereocenters. The molecule has 0 aromatic heterocycles. The van der Waals surface area contributed by atoms with Gasteiger partial charge in [0.2, 0.25) is 11.3 Å². The second kappa shape index (κ2) is 17.9. The van der Waals surface area contributed by atoms with Crippen LogP contribution in [0, 0.1) is 35.0 Å². The zero-order chi connectivity index (χ0) is 45.3. The summed E-state index contributed by atoms with van der Waals surface area (Å²) in [5.74, 6) is -11.3. The third-order valence-corrected chi connectivity index (χ3v) is 12.5. The summed E-state index contributed by atoms with van der Waals surface area (Å²) in [5, 5.41) is 55.0. The van der Waals surface area contributed by atoms with E-state index in [4.69, 9.17) is 93.5 Å². The van der Waals surface area contributed by atoms with E-state index in [-0.39, 0.29) is 32.5 Å². The Kier molecular flexibility index (Phi) is 14.4. The Morgan fingerprint density at radius 3 is 1.70 bits per heavy atom. The maximum atomic E-state index is 14.5. The van der Waals surface area contributed by atoms with Gasteiger partial charge >= 0.3 is 23.9 Å². The Labute approximate surface area is 357 Å². The van der Waals surface area contributed by atoms with E-state index in [1.54, 1.807) is 36.4 Å². The first kappa shape index (κ1) is 48.2. The molecule has 0 heterocycles. The number of primary amides is 1. The number of benzene rings is 2. The van der Waals surface area contributed by atoms with Gasteiger partial charge in [0.1, 0.15) is 17.7 Å². The fourth-order valence-electron chi connectivity index (χ4n) is 7.79. The number of ether oxygens (including phenoxy) is 3. The lowest BCUT2D eigenvalue weighted by molar-refractivity contribution is -0.172.